The van der Waals surface area contributed by atoms with Crippen LogP contribution in [0.25, 0.3) is 0 Å². The zero-order valence-electron chi connectivity index (χ0n) is 16.2. The first kappa shape index (κ1) is 22.7. The van der Waals surface area contributed by atoms with E-state index in [-0.39, 0.29) is 21.8 Å². The Bertz CT molecular complexity index is 1000. The molecule has 0 saturated carbocycles. The smallest absolute Gasteiger partial charge is 0.416 e. The Balaban J connectivity index is 2.32. The maximum atomic E-state index is 12.9. The fourth-order valence-electron chi connectivity index (χ4n) is 2.56. The van der Waals surface area contributed by atoms with Gasteiger partial charge in [-0.1, -0.05) is 12.1 Å². The molecular weight excluding hydrogens is 409 g/mol. The second-order valence-electron chi connectivity index (χ2n) is 6.47. The normalized spacial score (nSPS) is 13.2. The molecule has 0 spiro atoms. The van der Waals surface area contributed by atoms with Crippen molar-refractivity contribution in [2.75, 3.05) is 21.2 Å². The molecule has 6 nitrogen and oxygen atoms in total. The summed E-state index contributed by atoms with van der Waals surface area (Å²) in [5.41, 5.74) is -0.521. The molecule has 0 aromatic heterocycles. The van der Waals surface area contributed by atoms with Crippen LogP contribution in [0, 0.1) is 0 Å². The van der Waals surface area contributed by atoms with Gasteiger partial charge in [-0.2, -0.15) is 13.2 Å². The average molecular weight is 430 g/mol. The number of sulfonamides is 1. The van der Waals surface area contributed by atoms with Crippen molar-refractivity contribution in [1.29, 1.82) is 0 Å². The van der Waals surface area contributed by atoms with Gasteiger partial charge in [0.05, 0.1) is 18.7 Å². The summed E-state index contributed by atoms with van der Waals surface area (Å²) in [6.45, 7) is 1.54. The molecule has 0 bridgehead atoms. The summed E-state index contributed by atoms with van der Waals surface area (Å²) < 4.78 is 69.7. The number of halogens is 3. The number of alkyl halides is 3. The van der Waals surface area contributed by atoms with Crippen molar-refractivity contribution in [2.45, 2.75) is 24.0 Å². The molecule has 0 radical (unpaired) electrons. The standard InChI is InChI=1S/C19H21F3N2O4S/c1-12(13-6-5-7-15(10-13)19(20,21)22)23-18(25)14-8-9-16(28-4)17(11-14)29(26,27)24(2)3/h5-12H,1-4H3,(H,23,25). The molecule has 1 unspecified atom stereocenters. The minimum atomic E-state index is -4.49. The Kier molecular flexibility index (Phi) is 6.59. The Morgan fingerprint density at radius 1 is 1.14 bits per heavy atom. The fourth-order valence-corrected chi connectivity index (χ4v) is 3.64. The van der Waals surface area contributed by atoms with E-state index in [1.807, 2.05) is 0 Å². The number of amides is 1. The van der Waals surface area contributed by atoms with Crippen LogP contribution in [0.5, 0.6) is 5.75 Å². The summed E-state index contributed by atoms with van der Waals surface area (Å²) in [4.78, 5) is 12.4. The lowest BCUT2D eigenvalue weighted by molar-refractivity contribution is -0.137. The number of nitrogens with zero attached hydrogens (tertiary/aromatic N) is 1. The third-order valence-corrected chi connectivity index (χ3v) is 6.08. The molecule has 2 rings (SSSR count). The molecule has 1 N–H and O–H groups in total. The lowest BCUT2D eigenvalue weighted by atomic mass is 10.0. The van der Waals surface area contributed by atoms with E-state index in [1.165, 1.54) is 58.5 Å². The van der Waals surface area contributed by atoms with Gasteiger partial charge in [0.15, 0.2) is 0 Å². The molecule has 29 heavy (non-hydrogen) atoms. The number of hydrogen-bond acceptors (Lipinski definition) is 4. The number of nitrogens with one attached hydrogen (secondary N) is 1. The van der Waals surface area contributed by atoms with Crippen molar-refractivity contribution in [1.82, 2.24) is 9.62 Å². The van der Waals surface area contributed by atoms with Gasteiger partial charge < -0.3 is 10.1 Å². The molecule has 0 aliphatic carbocycles. The van der Waals surface area contributed by atoms with Gasteiger partial charge in [0.25, 0.3) is 5.91 Å². The van der Waals surface area contributed by atoms with Crippen LogP contribution in [0.15, 0.2) is 47.4 Å². The number of ether oxygens (including phenoxy) is 1. The SMILES string of the molecule is COc1ccc(C(=O)NC(C)c2cccc(C(F)(F)F)c2)cc1S(=O)(=O)N(C)C. The van der Waals surface area contributed by atoms with Gasteiger partial charge in [0.1, 0.15) is 10.6 Å². The zero-order valence-corrected chi connectivity index (χ0v) is 17.1. The van der Waals surface area contributed by atoms with Crippen molar-refractivity contribution in [3.63, 3.8) is 0 Å². The molecule has 0 heterocycles. The average Bonchev–Trinajstić information content (AvgIpc) is 2.66. The molecule has 2 aromatic carbocycles. The van der Waals surface area contributed by atoms with Crippen LogP contribution in [-0.4, -0.2) is 39.8 Å². The minimum absolute atomic E-state index is 0.0325. The van der Waals surface area contributed by atoms with E-state index in [0.29, 0.717) is 0 Å². The molecular formula is C19H21F3N2O4S. The third kappa shape index (κ3) is 5.07. The Morgan fingerprint density at radius 2 is 1.79 bits per heavy atom. The van der Waals surface area contributed by atoms with Gasteiger partial charge in [0, 0.05) is 19.7 Å². The van der Waals surface area contributed by atoms with Crippen molar-refractivity contribution >= 4 is 15.9 Å². The maximum absolute atomic E-state index is 12.9. The number of carbonyl (C=O) groups excluding carboxylic acids is 1. The molecule has 0 saturated heterocycles. The monoisotopic (exact) mass is 430 g/mol. The van der Waals surface area contributed by atoms with Gasteiger partial charge in [-0.05, 0) is 42.8 Å². The lowest BCUT2D eigenvalue weighted by Crippen LogP contribution is -2.28. The first-order valence-corrected chi connectivity index (χ1v) is 9.90. The fraction of sp³-hybridized carbons (Fsp3) is 0.316. The van der Waals surface area contributed by atoms with Gasteiger partial charge in [-0.25, -0.2) is 12.7 Å². The van der Waals surface area contributed by atoms with E-state index in [4.69, 9.17) is 4.74 Å². The van der Waals surface area contributed by atoms with Crippen molar-refractivity contribution < 1.29 is 31.1 Å². The second-order valence-corrected chi connectivity index (χ2v) is 8.59. The van der Waals surface area contributed by atoms with Gasteiger partial charge in [-0.3, -0.25) is 4.79 Å². The number of hydrogen-bond donors (Lipinski definition) is 1. The van der Waals surface area contributed by atoms with E-state index in [1.54, 1.807) is 0 Å². The van der Waals surface area contributed by atoms with Gasteiger partial charge >= 0.3 is 6.18 Å². The van der Waals surface area contributed by atoms with E-state index in [0.717, 1.165) is 16.4 Å². The lowest BCUT2D eigenvalue weighted by Gasteiger charge is -2.18. The summed E-state index contributed by atoms with van der Waals surface area (Å²) >= 11 is 0. The van der Waals surface area contributed by atoms with E-state index in [2.05, 4.69) is 5.32 Å². The first-order valence-electron chi connectivity index (χ1n) is 8.46. The highest BCUT2D eigenvalue weighted by Crippen LogP contribution is 2.31. The predicted molar refractivity (Wildman–Crippen MR) is 101 cm³/mol. The Labute approximate surface area is 167 Å². The van der Waals surface area contributed by atoms with Crippen molar-refractivity contribution in [3.8, 4) is 5.75 Å². The second kappa shape index (κ2) is 8.42. The highest BCUT2D eigenvalue weighted by atomic mass is 32.2. The van der Waals surface area contributed by atoms with Crippen LogP contribution in [0.2, 0.25) is 0 Å². The van der Waals surface area contributed by atoms with Gasteiger partial charge in [-0.15, -0.1) is 0 Å². The summed E-state index contributed by atoms with van der Waals surface area (Å²) in [7, 11) is 0.119. The molecule has 158 valence electrons. The number of rotatable bonds is 6. The van der Waals surface area contributed by atoms with E-state index in [9.17, 15) is 26.4 Å². The predicted octanol–water partition coefficient (Wildman–Crippen LogP) is 3.46. The van der Waals surface area contributed by atoms with E-state index >= 15 is 0 Å². The highest BCUT2D eigenvalue weighted by Gasteiger charge is 2.31. The topological polar surface area (TPSA) is 75.7 Å². The molecule has 1 atom stereocenters. The van der Waals surface area contributed by atoms with Crippen LogP contribution in [0.3, 0.4) is 0 Å². The van der Waals surface area contributed by atoms with E-state index < -0.39 is 33.7 Å². The van der Waals surface area contributed by atoms with Crippen LogP contribution in [-0.2, 0) is 16.2 Å². The largest absolute Gasteiger partial charge is 0.495 e. The van der Waals surface area contributed by atoms with Crippen molar-refractivity contribution in [3.05, 3.63) is 59.2 Å². The highest BCUT2D eigenvalue weighted by molar-refractivity contribution is 7.89. The number of methoxy groups -OCH3 is 1. The first-order chi connectivity index (χ1) is 13.4. The Morgan fingerprint density at radius 3 is 2.34 bits per heavy atom. The molecule has 10 heteroatoms. The summed E-state index contributed by atoms with van der Waals surface area (Å²) in [5, 5.41) is 2.58. The molecule has 0 aliphatic rings. The van der Waals surface area contributed by atoms with Crippen LogP contribution < -0.4 is 10.1 Å². The molecule has 0 aliphatic heterocycles. The van der Waals surface area contributed by atoms with Crippen LogP contribution in [0.1, 0.15) is 34.5 Å². The van der Waals surface area contributed by atoms with Gasteiger partial charge in [0.2, 0.25) is 10.0 Å². The summed E-state index contributed by atoms with van der Waals surface area (Å²) in [6, 6.07) is 7.79. The van der Waals surface area contributed by atoms with Crippen molar-refractivity contribution in [2.24, 2.45) is 0 Å². The Hall–Kier alpha value is -2.59. The molecule has 2 aromatic rings. The quantitative estimate of drug-likeness (QED) is 0.762. The zero-order chi connectivity index (χ0) is 22.0. The number of carbonyl (C=O) groups is 1. The number of benzene rings is 2. The maximum Gasteiger partial charge on any atom is 0.416 e. The van der Waals surface area contributed by atoms with Crippen LogP contribution >= 0.6 is 0 Å². The molecule has 1 amide bonds. The third-order valence-electron chi connectivity index (χ3n) is 4.25. The molecule has 0 fully saturated rings. The summed E-state index contributed by atoms with van der Waals surface area (Å²) in [6.07, 6.45) is -4.49. The minimum Gasteiger partial charge on any atom is -0.495 e. The summed E-state index contributed by atoms with van der Waals surface area (Å²) in [5.74, 6) is -0.561. The van der Waals surface area contributed by atoms with Crippen LogP contribution in [0.4, 0.5) is 13.2 Å².